The molecule has 56 valence electrons. The Labute approximate surface area is 114 Å². The summed E-state index contributed by atoms with van der Waals surface area (Å²) < 4.78 is 0. The summed E-state index contributed by atoms with van der Waals surface area (Å²) in [6, 6.07) is 0. The summed E-state index contributed by atoms with van der Waals surface area (Å²) in [6.07, 6.45) is 2.75. The zero-order chi connectivity index (χ0) is 7.28. The van der Waals surface area contributed by atoms with Crippen LogP contribution in [0.15, 0.2) is 0 Å². The van der Waals surface area contributed by atoms with Crippen LogP contribution in [-0.4, -0.2) is 15.9 Å². The molecule has 0 saturated carbocycles. The van der Waals surface area contributed by atoms with Crippen molar-refractivity contribution >= 4 is 21.9 Å². The number of alkyl halides is 1. The van der Waals surface area contributed by atoms with E-state index in [-0.39, 0.29) is 57.6 Å². The van der Waals surface area contributed by atoms with Crippen LogP contribution in [0.2, 0.25) is 0 Å². The SMILES string of the molecule is CCCCC(Br)C(=O)O.[H-].[K+]. The second kappa shape index (κ2) is 8.68. The minimum atomic E-state index is -0.761. The Balaban J connectivity index is -0.000000320. The molecule has 0 rings (SSSR count). The fraction of sp³-hybridized carbons (Fsp3) is 0.833. The number of hydrogen-bond donors (Lipinski definition) is 1. The predicted molar refractivity (Wildman–Crippen MR) is 41.0 cm³/mol. The van der Waals surface area contributed by atoms with Crippen LogP contribution in [0.4, 0.5) is 0 Å². The first-order valence-corrected chi connectivity index (χ1v) is 3.97. The number of carbonyl (C=O) groups is 1. The van der Waals surface area contributed by atoms with E-state index in [1.54, 1.807) is 0 Å². The van der Waals surface area contributed by atoms with Crippen molar-refractivity contribution in [3.63, 3.8) is 0 Å². The van der Waals surface area contributed by atoms with Gasteiger partial charge in [0.1, 0.15) is 4.83 Å². The molecule has 0 fully saturated rings. The van der Waals surface area contributed by atoms with Crippen LogP contribution in [0.5, 0.6) is 0 Å². The van der Waals surface area contributed by atoms with Gasteiger partial charge in [-0.05, 0) is 6.42 Å². The van der Waals surface area contributed by atoms with Crippen molar-refractivity contribution in [3.8, 4) is 0 Å². The van der Waals surface area contributed by atoms with E-state index < -0.39 is 5.97 Å². The number of rotatable bonds is 4. The summed E-state index contributed by atoms with van der Waals surface area (Å²) in [5, 5.41) is 8.36. The molecule has 0 aromatic rings. The molecule has 0 bridgehead atoms. The minimum Gasteiger partial charge on any atom is -1.00 e. The number of carboxylic acids is 1. The van der Waals surface area contributed by atoms with Gasteiger partial charge in [0.15, 0.2) is 0 Å². The van der Waals surface area contributed by atoms with Gasteiger partial charge in [-0.1, -0.05) is 35.7 Å². The van der Waals surface area contributed by atoms with E-state index in [2.05, 4.69) is 15.9 Å². The first-order valence-electron chi connectivity index (χ1n) is 3.05. The summed E-state index contributed by atoms with van der Waals surface area (Å²) >= 11 is 3.04. The second-order valence-electron chi connectivity index (χ2n) is 1.95. The number of unbranched alkanes of at least 4 members (excludes halogenated alkanes) is 1. The Hall–Kier alpha value is 1.59. The molecule has 0 aliphatic carbocycles. The second-order valence-corrected chi connectivity index (χ2v) is 3.05. The van der Waals surface area contributed by atoms with Crippen molar-refractivity contribution in [1.82, 2.24) is 0 Å². The molecule has 0 saturated heterocycles. The molecule has 10 heavy (non-hydrogen) atoms. The first kappa shape index (κ1) is 14.1. The Morgan fingerprint density at radius 1 is 1.80 bits per heavy atom. The van der Waals surface area contributed by atoms with Crippen LogP contribution in [0.1, 0.15) is 27.6 Å². The molecule has 0 aliphatic rings. The fourth-order valence-corrected chi connectivity index (χ4v) is 0.831. The molecule has 0 aromatic heterocycles. The van der Waals surface area contributed by atoms with Crippen LogP contribution in [-0.2, 0) is 4.79 Å². The van der Waals surface area contributed by atoms with E-state index in [4.69, 9.17) is 5.11 Å². The average Bonchev–Trinajstić information content (AvgIpc) is 1.82. The van der Waals surface area contributed by atoms with Gasteiger partial charge in [0.2, 0.25) is 0 Å². The van der Waals surface area contributed by atoms with E-state index in [0.717, 1.165) is 19.3 Å². The van der Waals surface area contributed by atoms with Gasteiger partial charge in [-0.15, -0.1) is 0 Å². The van der Waals surface area contributed by atoms with Crippen LogP contribution in [0, 0.1) is 0 Å². The molecule has 0 aliphatic heterocycles. The topological polar surface area (TPSA) is 37.3 Å². The van der Waals surface area contributed by atoms with Gasteiger partial charge in [-0.3, -0.25) is 4.79 Å². The van der Waals surface area contributed by atoms with Crippen molar-refractivity contribution in [1.29, 1.82) is 0 Å². The van der Waals surface area contributed by atoms with E-state index in [1.807, 2.05) is 6.92 Å². The third-order valence-corrected chi connectivity index (χ3v) is 1.93. The van der Waals surface area contributed by atoms with E-state index in [9.17, 15) is 4.79 Å². The summed E-state index contributed by atoms with van der Waals surface area (Å²) in [7, 11) is 0. The fourth-order valence-electron chi connectivity index (χ4n) is 0.507. The van der Waals surface area contributed by atoms with Gasteiger partial charge in [-0.2, -0.15) is 0 Å². The molecule has 0 radical (unpaired) electrons. The van der Waals surface area contributed by atoms with Crippen molar-refractivity contribution in [2.24, 2.45) is 0 Å². The molecule has 4 heteroatoms. The third kappa shape index (κ3) is 7.69. The minimum absolute atomic E-state index is 0. The molecule has 0 aromatic carbocycles. The van der Waals surface area contributed by atoms with E-state index in [0.29, 0.717) is 0 Å². The molecule has 1 unspecified atom stereocenters. The van der Waals surface area contributed by atoms with Crippen LogP contribution < -0.4 is 51.4 Å². The van der Waals surface area contributed by atoms with Crippen molar-refractivity contribution < 1.29 is 62.7 Å². The monoisotopic (exact) mass is 234 g/mol. The van der Waals surface area contributed by atoms with Gasteiger partial charge < -0.3 is 6.53 Å². The molecule has 2 nitrogen and oxygen atoms in total. The molecule has 1 N–H and O–H groups in total. The van der Waals surface area contributed by atoms with Gasteiger partial charge in [0.25, 0.3) is 0 Å². The van der Waals surface area contributed by atoms with Gasteiger partial charge in [-0.25, -0.2) is 0 Å². The van der Waals surface area contributed by atoms with Gasteiger partial charge >= 0.3 is 57.4 Å². The Morgan fingerprint density at radius 3 is 2.60 bits per heavy atom. The van der Waals surface area contributed by atoms with Gasteiger partial charge in [0, 0.05) is 0 Å². The summed E-state index contributed by atoms with van der Waals surface area (Å²) in [5.74, 6) is -0.761. The van der Waals surface area contributed by atoms with E-state index in [1.165, 1.54) is 0 Å². The number of halogens is 1. The Morgan fingerprint density at radius 2 is 2.30 bits per heavy atom. The van der Waals surface area contributed by atoms with Crippen molar-refractivity contribution in [3.05, 3.63) is 0 Å². The van der Waals surface area contributed by atoms with Crippen LogP contribution in [0.3, 0.4) is 0 Å². The van der Waals surface area contributed by atoms with E-state index >= 15 is 0 Å². The molecule has 1 atom stereocenters. The molecular formula is C6H12BrKO2. The van der Waals surface area contributed by atoms with Crippen LogP contribution in [0.25, 0.3) is 0 Å². The number of hydrogen-bond acceptors (Lipinski definition) is 1. The Bertz CT molecular complexity index is 103. The largest absolute Gasteiger partial charge is 1.00 e. The average molecular weight is 235 g/mol. The summed E-state index contributed by atoms with van der Waals surface area (Å²) in [6.45, 7) is 2.04. The smallest absolute Gasteiger partial charge is 1.00 e. The summed E-state index contributed by atoms with van der Waals surface area (Å²) in [4.78, 5) is 9.81. The zero-order valence-electron chi connectivity index (χ0n) is 7.43. The molecule has 0 amide bonds. The van der Waals surface area contributed by atoms with Crippen molar-refractivity contribution in [2.45, 2.75) is 31.0 Å². The van der Waals surface area contributed by atoms with Gasteiger partial charge in [0.05, 0.1) is 0 Å². The maximum Gasteiger partial charge on any atom is 1.00 e. The standard InChI is InChI=1S/C6H11BrO2.K.H/c1-2-3-4-5(7)6(8)9;;/h5H,2-4H2,1H3,(H,8,9);;/q;+1;-1. The Kier molecular flexibility index (Phi) is 12.3. The quantitative estimate of drug-likeness (QED) is 0.508. The zero-order valence-corrected chi connectivity index (χ0v) is 11.1. The predicted octanol–water partition coefficient (Wildman–Crippen LogP) is -0.859. The maximum atomic E-state index is 10.2. The molecule has 0 heterocycles. The number of aliphatic carboxylic acids is 1. The summed E-state index contributed by atoms with van der Waals surface area (Å²) in [5.41, 5.74) is 0. The van der Waals surface area contributed by atoms with Crippen molar-refractivity contribution in [2.75, 3.05) is 0 Å². The molecule has 0 spiro atoms. The maximum absolute atomic E-state index is 10.2. The number of carboxylic acid groups (broad SMARTS) is 1. The first-order chi connectivity index (χ1) is 4.18. The normalized spacial score (nSPS) is 11.8. The molecular weight excluding hydrogens is 223 g/mol. The van der Waals surface area contributed by atoms with Crippen LogP contribution >= 0.6 is 15.9 Å². The third-order valence-electron chi connectivity index (χ3n) is 1.08.